The normalized spacial score (nSPS) is 10.7. The van der Waals surface area contributed by atoms with Crippen LogP contribution in [0.25, 0.3) is 11.4 Å². The van der Waals surface area contributed by atoms with Crippen molar-refractivity contribution in [2.45, 2.75) is 31.6 Å². The number of amides is 1. The third-order valence-electron chi connectivity index (χ3n) is 4.28. The molecule has 1 aromatic heterocycles. The Morgan fingerprint density at radius 3 is 2.43 bits per heavy atom. The molecule has 2 aromatic carbocycles. The summed E-state index contributed by atoms with van der Waals surface area (Å²) in [6.07, 6.45) is 0.903. The SMILES string of the molecule is CCCn1c(SCC(=O)NCc2ccc(C(=O)[O-])cc2)nnc1-c1ccc(Cl)cc1. The van der Waals surface area contributed by atoms with E-state index < -0.39 is 5.97 Å². The van der Waals surface area contributed by atoms with Crippen molar-refractivity contribution in [2.75, 3.05) is 5.75 Å². The highest BCUT2D eigenvalue weighted by Crippen LogP contribution is 2.25. The van der Waals surface area contributed by atoms with E-state index in [1.165, 1.54) is 23.9 Å². The standard InChI is InChI=1S/C21H21ClN4O3S/c1-2-11-26-19(15-7-9-17(22)10-8-15)24-25-21(26)30-13-18(27)23-12-14-3-5-16(6-4-14)20(28)29/h3-10H,2,11-13H2,1H3,(H,23,27)(H,28,29)/p-1. The predicted octanol–water partition coefficient (Wildman–Crippen LogP) is 2.78. The summed E-state index contributed by atoms with van der Waals surface area (Å²) in [5.41, 5.74) is 1.82. The maximum absolute atomic E-state index is 12.2. The van der Waals surface area contributed by atoms with E-state index in [-0.39, 0.29) is 17.2 Å². The number of halogens is 1. The van der Waals surface area contributed by atoms with Crippen LogP contribution in [0, 0.1) is 0 Å². The maximum atomic E-state index is 12.2. The van der Waals surface area contributed by atoms with Crippen LogP contribution in [-0.2, 0) is 17.9 Å². The van der Waals surface area contributed by atoms with E-state index in [9.17, 15) is 14.7 Å². The molecule has 0 radical (unpaired) electrons. The molecule has 1 N–H and O–H groups in total. The molecule has 9 heteroatoms. The molecule has 0 aliphatic carbocycles. The number of thioether (sulfide) groups is 1. The number of rotatable bonds is 9. The number of hydrogen-bond acceptors (Lipinski definition) is 6. The van der Waals surface area contributed by atoms with Crippen molar-refractivity contribution in [3.05, 3.63) is 64.7 Å². The first kappa shape index (κ1) is 21.9. The molecule has 7 nitrogen and oxygen atoms in total. The second-order valence-electron chi connectivity index (χ2n) is 6.51. The lowest BCUT2D eigenvalue weighted by molar-refractivity contribution is -0.255. The molecule has 1 amide bonds. The lowest BCUT2D eigenvalue weighted by Crippen LogP contribution is -2.25. The van der Waals surface area contributed by atoms with Crippen LogP contribution >= 0.6 is 23.4 Å². The van der Waals surface area contributed by atoms with Gasteiger partial charge in [-0.3, -0.25) is 4.79 Å². The average Bonchev–Trinajstić information content (AvgIpc) is 3.14. The molecule has 0 unspecified atom stereocenters. The van der Waals surface area contributed by atoms with Gasteiger partial charge >= 0.3 is 0 Å². The molecule has 0 saturated carbocycles. The zero-order valence-electron chi connectivity index (χ0n) is 16.3. The fourth-order valence-corrected chi connectivity index (χ4v) is 3.69. The topological polar surface area (TPSA) is 99.9 Å². The van der Waals surface area contributed by atoms with E-state index in [1.54, 1.807) is 12.1 Å². The highest BCUT2D eigenvalue weighted by molar-refractivity contribution is 7.99. The van der Waals surface area contributed by atoms with Crippen molar-refractivity contribution >= 4 is 35.2 Å². The van der Waals surface area contributed by atoms with Crippen LogP contribution in [0.5, 0.6) is 0 Å². The average molecular weight is 444 g/mol. The molecule has 3 aromatic rings. The summed E-state index contributed by atoms with van der Waals surface area (Å²) in [5, 5.41) is 23.5. The van der Waals surface area contributed by atoms with Crippen LogP contribution < -0.4 is 10.4 Å². The van der Waals surface area contributed by atoms with Crippen molar-refractivity contribution < 1.29 is 14.7 Å². The zero-order chi connectivity index (χ0) is 21.5. The van der Waals surface area contributed by atoms with Crippen LogP contribution in [0.2, 0.25) is 5.02 Å². The van der Waals surface area contributed by atoms with Crippen molar-refractivity contribution in [3.8, 4) is 11.4 Å². The van der Waals surface area contributed by atoms with Gasteiger partial charge in [0.25, 0.3) is 0 Å². The van der Waals surface area contributed by atoms with Gasteiger partial charge in [-0.25, -0.2) is 0 Å². The van der Waals surface area contributed by atoms with Gasteiger partial charge in [-0.05, 0) is 41.8 Å². The molecule has 0 spiro atoms. The summed E-state index contributed by atoms with van der Waals surface area (Å²) in [6.45, 7) is 3.11. The summed E-state index contributed by atoms with van der Waals surface area (Å²) in [7, 11) is 0. The lowest BCUT2D eigenvalue weighted by Gasteiger charge is -2.09. The number of carboxylic acids is 1. The molecular weight excluding hydrogens is 424 g/mol. The smallest absolute Gasteiger partial charge is 0.230 e. The first-order valence-corrected chi connectivity index (χ1v) is 10.7. The number of aromatic nitrogens is 3. The van der Waals surface area contributed by atoms with Crippen molar-refractivity contribution in [1.29, 1.82) is 0 Å². The molecule has 30 heavy (non-hydrogen) atoms. The Hall–Kier alpha value is -2.84. The minimum absolute atomic E-state index is 0.104. The van der Waals surface area contributed by atoms with Gasteiger partial charge in [0.15, 0.2) is 11.0 Å². The largest absolute Gasteiger partial charge is 0.545 e. The third-order valence-corrected chi connectivity index (χ3v) is 5.50. The van der Waals surface area contributed by atoms with E-state index in [0.29, 0.717) is 16.7 Å². The molecule has 0 bridgehead atoms. The van der Waals surface area contributed by atoms with E-state index in [4.69, 9.17) is 11.6 Å². The number of carbonyl (C=O) groups excluding carboxylic acids is 2. The predicted molar refractivity (Wildman–Crippen MR) is 114 cm³/mol. The minimum atomic E-state index is -1.23. The van der Waals surface area contributed by atoms with Gasteiger partial charge in [-0.15, -0.1) is 10.2 Å². The van der Waals surface area contributed by atoms with Gasteiger partial charge in [-0.2, -0.15) is 0 Å². The van der Waals surface area contributed by atoms with Crippen LogP contribution in [0.15, 0.2) is 53.7 Å². The van der Waals surface area contributed by atoms with Crippen LogP contribution in [-0.4, -0.2) is 32.4 Å². The highest BCUT2D eigenvalue weighted by atomic mass is 35.5. The number of carbonyl (C=O) groups is 2. The van der Waals surface area contributed by atoms with Gasteiger partial charge < -0.3 is 19.8 Å². The second-order valence-corrected chi connectivity index (χ2v) is 7.89. The van der Waals surface area contributed by atoms with Crippen molar-refractivity contribution in [1.82, 2.24) is 20.1 Å². The van der Waals surface area contributed by atoms with Crippen LogP contribution in [0.4, 0.5) is 0 Å². The summed E-state index contributed by atoms with van der Waals surface area (Å²) < 4.78 is 2.00. The maximum Gasteiger partial charge on any atom is 0.230 e. The highest BCUT2D eigenvalue weighted by Gasteiger charge is 2.15. The summed E-state index contributed by atoms with van der Waals surface area (Å²) in [5.74, 6) is -0.441. The molecule has 0 aliphatic heterocycles. The molecule has 0 fully saturated rings. The molecule has 0 aliphatic rings. The number of aromatic carboxylic acids is 1. The van der Waals surface area contributed by atoms with E-state index in [1.807, 2.05) is 28.8 Å². The Balaban J connectivity index is 1.60. The number of benzene rings is 2. The Kier molecular flexibility index (Phi) is 7.48. The van der Waals surface area contributed by atoms with Crippen LogP contribution in [0.3, 0.4) is 0 Å². The quantitative estimate of drug-likeness (QED) is 0.510. The fourth-order valence-electron chi connectivity index (χ4n) is 2.77. The summed E-state index contributed by atoms with van der Waals surface area (Å²) in [6, 6.07) is 13.6. The van der Waals surface area contributed by atoms with Gasteiger partial charge in [0.2, 0.25) is 5.91 Å². The van der Waals surface area contributed by atoms with Crippen LogP contribution in [0.1, 0.15) is 29.3 Å². The first-order chi connectivity index (χ1) is 14.5. The Labute approximate surface area is 183 Å². The van der Waals surface area contributed by atoms with Crippen molar-refractivity contribution in [2.24, 2.45) is 0 Å². The van der Waals surface area contributed by atoms with Gasteiger partial charge in [-0.1, -0.05) is 54.6 Å². The van der Waals surface area contributed by atoms with Gasteiger partial charge in [0.1, 0.15) is 0 Å². The first-order valence-electron chi connectivity index (χ1n) is 9.37. The number of nitrogens with one attached hydrogen (secondary N) is 1. The number of carboxylic acid groups (broad SMARTS) is 1. The molecule has 0 saturated heterocycles. The van der Waals surface area contributed by atoms with E-state index in [0.717, 1.165) is 29.9 Å². The molecule has 156 valence electrons. The van der Waals surface area contributed by atoms with Gasteiger partial charge in [0.05, 0.1) is 11.7 Å². The molecule has 3 rings (SSSR count). The Bertz CT molecular complexity index is 1020. The number of hydrogen-bond donors (Lipinski definition) is 1. The Morgan fingerprint density at radius 1 is 1.10 bits per heavy atom. The second kappa shape index (κ2) is 10.3. The fraction of sp³-hybridized carbons (Fsp3) is 0.238. The Morgan fingerprint density at radius 2 is 1.80 bits per heavy atom. The lowest BCUT2D eigenvalue weighted by atomic mass is 10.1. The summed E-state index contributed by atoms with van der Waals surface area (Å²) in [4.78, 5) is 23.0. The monoisotopic (exact) mass is 443 g/mol. The zero-order valence-corrected chi connectivity index (χ0v) is 17.9. The van der Waals surface area contributed by atoms with Gasteiger partial charge in [0, 0.05) is 23.7 Å². The number of nitrogens with zero attached hydrogens (tertiary/aromatic N) is 3. The minimum Gasteiger partial charge on any atom is -0.545 e. The third kappa shape index (κ3) is 5.61. The molecular formula is C21H20ClN4O3S-. The summed E-state index contributed by atoms with van der Waals surface area (Å²) >= 11 is 7.29. The van der Waals surface area contributed by atoms with E-state index in [2.05, 4.69) is 22.4 Å². The van der Waals surface area contributed by atoms with E-state index >= 15 is 0 Å². The molecule has 0 atom stereocenters. The van der Waals surface area contributed by atoms with Crippen molar-refractivity contribution in [3.63, 3.8) is 0 Å². The molecule has 1 heterocycles.